The lowest BCUT2D eigenvalue weighted by Crippen LogP contribution is -2.47. The van der Waals surface area contributed by atoms with Crippen LogP contribution in [-0.4, -0.2) is 53.3 Å². The summed E-state index contributed by atoms with van der Waals surface area (Å²) in [5.41, 5.74) is 1.04. The number of alkyl halides is 3. The van der Waals surface area contributed by atoms with Gasteiger partial charge < -0.3 is 20.1 Å². The molecule has 41 heavy (non-hydrogen) atoms. The van der Waals surface area contributed by atoms with Gasteiger partial charge in [0.2, 0.25) is 11.5 Å². The molecule has 0 unspecified atom stereocenters. The van der Waals surface area contributed by atoms with Gasteiger partial charge >= 0.3 is 6.18 Å². The van der Waals surface area contributed by atoms with Crippen molar-refractivity contribution in [1.82, 2.24) is 29.5 Å². The Kier molecular flexibility index (Phi) is 5.85. The van der Waals surface area contributed by atoms with Crippen molar-refractivity contribution in [3.05, 3.63) is 90.0 Å². The molecule has 1 aliphatic rings. The van der Waals surface area contributed by atoms with Crippen LogP contribution in [0, 0.1) is 5.82 Å². The van der Waals surface area contributed by atoms with Gasteiger partial charge in [-0.15, -0.1) is 10.2 Å². The van der Waals surface area contributed by atoms with Crippen LogP contribution in [0.3, 0.4) is 0 Å². The third-order valence-electron chi connectivity index (χ3n) is 7.28. The second-order valence-corrected chi connectivity index (χ2v) is 9.99. The lowest BCUT2D eigenvalue weighted by molar-refractivity contribution is -0.274. The first kappa shape index (κ1) is 26.4. The van der Waals surface area contributed by atoms with Gasteiger partial charge in [0.25, 0.3) is 0 Å². The maximum absolute atomic E-state index is 14.8. The number of carbonyl (C=O) groups is 1. The molecule has 3 N–H and O–H groups in total. The zero-order chi connectivity index (χ0) is 29.2. The van der Waals surface area contributed by atoms with E-state index in [2.05, 4.69) is 20.3 Å². The lowest BCUT2D eigenvalue weighted by atomic mass is 9.88. The van der Waals surface area contributed by atoms with Crippen LogP contribution in [0.2, 0.25) is 0 Å². The van der Waals surface area contributed by atoms with Crippen molar-refractivity contribution >= 4 is 16.8 Å². The number of carbonyl (C=O) groups excluding carboxylic acids is 1. The largest absolute Gasteiger partial charge is 0.488 e. The minimum Gasteiger partial charge on any atom is -0.488 e. The minimum atomic E-state index is -5.21. The number of aliphatic hydroxyl groups is 1. The number of hydrogen-bond donors (Lipinski definition) is 2. The van der Waals surface area contributed by atoms with Gasteiger partial charge in [-0.25, -0.2) is 9.37 Å². The lowest BCUT2D eigenvalue weighted by Gasteiger charge is -2.31. The number of pyridine rings is 1. The average Bonchev–Trinajstić information content (AvgIpc) is 3.67. The van der Waals surface area contributed by atoms with Crippen LogP contribution in [0.4, 0.5) is 17.6 Å². The second kappa shape index (κ2) is 9.09. The molecule has 0 saturated carbocycles. The molecule has 2 atom stereocenters. The van der Waals surface area contributed by atoms with Crippen LogP contribution in [0.25, 0.3) is 22.2 Å². The molecule has 3 aromatic heterocycles. The van der Waals surface area contributed by atoms with E-state index in [0.29, 0.717) is 16.5 Å². The number of ether oxygens (including phenoxy) is 1. The number of fused-ring (bicyclic) bond motifs is 2. The van der Waals surface area contributed by atoms with Crippen molar-refractivity contribution in [3.8, 4) is 17.0 Å². The van der Waals surface area contributed by atoms with Gasteiger partial charge in [0.15, 0.2) is 5.75 Å². The summed E-state index contributed by atoms with van der Waals surface area (Å²) in [6.45, 7) is 0.677. The fourth-order valence-corrected chi connectivity index (χ4v) is 4.92. The maximum Gasteiger partial charge on any atom is 0.424 e. The van der Waals surface area contributed by atoms with E-state index in [9.17, 15) is 27.5 Å². The van der Waals surface area contributed by atoms with Crippen molar-refractivity contribution in [2.75, 3.05) is 6.61 Å². The molecule has 1 amide bonds. The zero-order valence-electron chi connectivity index (χ0n) is 21.3. The summed E-state index contributed by atoms with van der Waals surface area (Å²) in [6, 6.07) is 10.4. The van der Waals surface area contributed by atoms with Crippen LogP contribution in [0.15, 0.2) is 67.4 Å². The van der Waals surface area contributed by atoms with E-state index in [1.165, 1.54) is 49.2 Å². The molecule has 0 fully saturated rings. The molecule has 5 aromatic rings. The molecule has 0 saturated heterocycles. The van der Waals surface area contributed by atoms with Crippen LogP contribution < -0.4 is 10.5 Å². The topological polar surface area (TPSA) is 134 Å². The highest BCUT2D eigenvalue weighted by molar-refractivity contribution is 5.96. The molecular formula is C27H21F4N7O3. The highest BCUT2D eigenvalue weighted by atomic mass is 19.4. The molecule has 6 rings (SSSR count). The number of primary amides is 1. The summed E-state index contributed by atoms with van der Waals surface area (Å²) in [4.78, 5) is 15.8. The van der Waals surface area contributed by atoms with E-state index in [1.807, 2.05) is 0 Å². The molecule has 0 aliphatic carbocycles. The normalized spacial score (nSPS) is 18.2. The molecule has 0 bridgehead atoms. The Balaban J connectivity index is 1.54. The van der Waals surface area contributed by atoms with Gasteiger partial charge in [-0.3, -0.25) is 9.48 Å². The monoisotopic (exact) mass is 567 g/mol. The number of halogens is 4. The summed E-state index contributed by atoms with van der Waals surface area (Å²) in [5.74, 6) is -1.07. The Morgan fingerprint density at radius 2 is 1.83 bits per heavy atom. The number of amides is 1. The van der Waals surface area contributed by atoms with E-state index >= 15 is 0 Å². The summed E-state index contributed by atoms with van der Waals surface area (Å²) in [7, 11) is 0. The molecule has 0 radical (unpaired) electrons. The predicted octanol–water partition coefficient (Wildman–Crippen LogP) is 3.53. The first-order valence-electron chi connectivity index (χ1n) is 12.2. The van der Waals surface area contributed by atoms with Gasteiger partial charge in [0.1, 0.15) is 36.3 Å². The van der Waals surface area contributed by atoms with E-state index in [4.69, 9.17) is 10.5 Å². The number of nitrogens with zero attached hydrogens (tertiary/aromatic N) is 6. The minimum absolute atomic E-state index is 0.00583. The average molecular weight is 568 g/mol. The highest BCUT2D eigenvalue weighted by Gasteiger charge is 2.58. The third-order valence-corrected chi connectivity index (χ3v) is 7.28. The summed E-state index contributed by atoms with van der Waals surface area (Å²) < 4.78 is 66.6. The van der Waals surface area contributed by atoms with E-state index < -0.39 is 41.3 Å². The molecule has 0 spiro atoms. The van der Waals surface area contributed by atoms with E-state index in [-0.39, 0.29) is 29.2 Å². The molecular weight excluding hydrogens is 546 g/mol. The molecule has 4 heterocycles. The first-order valence-corrected chi connectivity index (χ1v) is 12.2. The third kappa shape index (κ3) is 4.27. The van der Waals surface area contributed by atoms with Crippen LogP contribution in [0.1, 0.15) is 28.5 Å². The number of hydrogen-bond acceptors (Lipinski definition) is 7. The number of benzene rings is 2. The standard InChI is InChI=1S/C27H21F4N7O3/c1-25(37-13-33-34-14-37)12-41-23-19(25)9-21(35-22(23)15-2-5-18(28)6-3-15)26(40,27(29,30)31)11-38-10-17-8-16(24(32)39)4-7-20(17)36-38/h2-10,13-14,40H,11-12H2,1H3,(H2,32,39)/t25-,26-/m0/s1. The first-order chi connectivity index (χ1) is 19.4. The number of nitrogens with two attached hydrogens (primary N) is 1. The Bertz CT molecular complexity index is 1790. The van der Waals surface area contributed by atoms with Gasteiger partial charge in [0.05, 0.1) is 17.8 Å². The molecule has 2 aromatic carbocycles. The SMILES string of the molecule is C[C@]1(n2cnnc2)COc2c1cc([C@@](O)(Cn1cc3cc(C(N)=O)ccc3n1)C(F)(F)F)nc2-c1ccc(F)cc1. The molecule has 210 valence electrons. The Labute approximate surface area is 229 Å². The fourth-order valence-electron chi connectivity index (χ4n) is 4.92. The van der Waals surface area contributed by atoms with Crippen molar-refractivity contribution in [3.63, 3.8) is 0 Å². The van der Waals surface area contributed by atoms with E-state index in [1.54, 1.807) is 11.5 Å². The van der Waals surface area contributed by atoms with Crippen LogP contribution in [0.5, 0.6) is 5.75 Å². The second-order valence-electron chi connectivity index (χ2n) is 9.99. The quantitative estimate of drug-likeness (QED) is 0.300. The smallest absolute Gasteiger partial charge is 0.424 e. The van der Waals surface area contributed by atoms with Gasteiger partial charge in [-0.2, -0.15) is 18.3 Å². The van der Waals surface area contributed by atoms with Crippen molar-refractivity contribution in [2.45, 2.75) is 30.8 Å². The fraction of sp³-hybridized carbons (Fsp3) is 0.222. The highest BCUT2D eigenvalue weighted by Crippen LogP contribution is 2.48. The van der Waals surface area contributed by atoms with Crippen LogP contribution in [-0.2, 0) is 17.7 Å². The van der Waals surface area contributed by atoms with Crippen molar-refractivity contribution in [2.24, 2.45) is 5.73 Å². The number of aromatic nitrogens is 6. The van der Waals surface area contributed by atoms with Gasteiger partial charge in [0, 0.05) is 28.3 Å². The van der Waals surface area contributed by atoms with Crippen molar-refractivity contribution in [1.29, 1.82) is 0 Å². The van der Waals surface area contributed by atoms with Crippen molar-refractivity contribution < 1.29 is 32.2 Å². The maximum atomic E-state index is 14.8. The van der Waals surface area contributed by atoms with Gasteiger partial charge in [-0.1, -0.05) is 0 Å². The van der Waals surface area contributed by atoms with E-state index in [0.717, 1.165) is 22.9 Å². The number of rotatable bonds is 6. The zero-order valence-corrected chi connectivity index (χ0v) is 21.3. The summed E-state index contributed by atoms with van der Waals surface area (Å²) in [6.07, 6.45) is -1.13. The molecule has 14 heteroatoms. The van der Waals surface area contributed by atoms with Crippen LogP contribution >= 0.6 is 0 Å². The molecule has 10 nitrogen and oxygen atoms in total. The molecule has 1 aliphatic heterocycles. The Morgan fingerprint density at radius 3 is 2.49 bits per heavy atom. The van der Waals surface area contributed by atoms with Gasteiger partial charge in [-0.05, 0) is 55.5 Å². The summed E-state index contributed by atoms with van der Waals surface area (Å²) >= 11 is 0. The Morgan fingerprint density at radius 1 is 1.12 bits per heavy atom. The predicted molar refractivity (Wildman–Crippen MR) is 136 cm³/mol. The summed E-state index contributed by atoms with van der Waals surface area (Å²) in [5, 5.41) is 23.6. The Hall–Kier alpha value is -4.85.